The Labute approximate surface area is 48.8 Å². The van der Waals surface area contributed by atoms with Crippen LogP contribution in [0.3, 0.4) is 0 Å². The van der Waals surface area contributed by atoms with Gasteiger partial charge in [0.1, 0.15) is 0 Å². The predicted octanol–water partition coefficient (Wildman–Crippen LogP) is 0.876. The molecule has 35 valence electrons. The van der Waals surface area contributed by atoms with Crippen molar-refractivity contribution in [3.8, 4) is 0 Å². The zero-order valence-corrected chi connectivity index (χ0v) is 5.15. The van der Waals surface area contributed by atoms with E-state index in [0.717, 1.165) is 12.5 Å². The third kappa shape index (κ3) is 6.19. The van der Waals surface area contributed by atoms with Crippen LogP contribution in [0.1, 0.15) is 6.92 Å². The molecule has 3 radical (unpaired) electrons. The van der Waals surface area contributed by atoms with Crippen molar-refractivity contribution in [2.45, 2.75) is 26.3 Å². The van der Waals surface area contributed by atoms with E-state index in [1.165, 1.54) is 0 Å². The molecule has 0 unspecified atom stereocenters. The van der Waals surface area contributed by atoms with E-state index in [-0.39, 0.29) is 0 Å². The average Bonchev–Trinajstić information content (AvgIpc) is 1.61. The molecule has 0 nitrogen and oxygen atoms in total. The van der Waals surface area contributed by atoms with Crippen LogP contribution < -0.4 is 0 Å². The van der Waals surface area contributed by atoms with Crippen LogP contribution in [0.2, 0.25) is 19.4 Å². The summed E-state index contributed by atoms with van der Waals surface area (Å²) in [6, 6.07) is 0. The van der Waals surface area contributed by atoms with Crippen molar-refractivity contribution in [2.24, 2.45) is 0 Å². The molecule has 0 bridgehead atoms. The van der Waals surface area contributed by atoms with Crippen LogP contribution in [-0.2, 0) is 0 Å². The Morgan fingerprint density at radius 1 is 1.71 bits per heavy atom. The molecule has 0 aromatic carbocycles. The molecular weight excluding hydrogens is 80.5 g/mol. The van der Waals surface area contributed by atoms with Crippen LogP contribution in [-0.4, -0.2) is 21.6 Å². The van der Waals surface area contributed by atoms with Gasteiger partial charge in [-0.05, 0) is 0 Å². The van der Waals surface area contributed by atoms with E-state index in [2.05, 4.69) is 14.2 Å². The summed E-state index contributed by atoms with van der Waals surface area (Å²) in [6.45, 7) is 4.49. The van der Waals surface area contributed by atoms with Crippen LogP contribution in [0.4, 0.5) is 0 Å². The van der Waals surface area contributed by atoms with Crippen LogP contribution in [0, 0.1) is 0 Å². The second-order valence-corrected chi connectivity index (χ2v) is 1.91. The van der Waals surface area contributed by atoms with Gasteiger partial charge >= 0.3 is 0 Å². The van der Waals surface area contributed by atoms with Gasteiger partial charge in [0.05, 0.1) is 13.9 Å². The maximum Gasteiger partial charge on any atom is 0.0999 e. The highest BCUT2D eigenvalue weighted by Gasteiger charge is 1.94. The van der Waals surface area contributed by atoms with Crippen molar-refractivity contribution in [3.05, 3.63) is 0 Å². The molecule has 0 saturated heterocycles. The first-order valence-corrected chi connectivity index (χ1v) is 2.84. The molecule has 0 saturated carbocycles. The topological polar surface area (TPSA) is 0 Å². The molecule has 0 fully saturated rings. The Bertz CT molecular complexity index is 35.9. The Hall–Kier alpha value is 0.195. The lowest BCUT2D eigenvalue weighted by Gasteiger charge is -1.93. The van der Waals surface area contributed by atoms with Crippen LogP contribution in [0.5, 0.6) is 0 Å². The molecule has 0 atom stereocenters. The molecule has 0 aliphatic heterocycles. The van der Waals surface area contributed by atoms with E-state index < -0.39 is 0 Å². The minimum Gasteiger partial charge on any atom is -0.108 e. The summed E-state index contributed by atoms with van der Waals surface area (Å²) in [4.78, 5) is 0. The standard InChI is InChI=1S/C4H10B3/c1-3-6-4-7(2)5/h3-4H2,1-2H3. The minimum atomic E-state index is 0.347. The molecule has 0 spiro atoms. The third-order valence-corrected chi connectivity index (χ3v) is 0.827. The second-order valence-electron chi connectivity index (χ2n) is 1.91. The Kier molecular flexibility index (Phi) is 4.48. The predicted molar refractivity (Wildman–Crippen MR) is 38.4 cm³/mol. The average molecular weight is 90.6 g/mol. The van der Waals surface area contributed by atoms with Gasteiger partial charge in [-0.2, -0.15) is 0 Å². The Morgan fingerprint density at radius 2 is 2.29 bits per heavy atom. The summed E-state index contributed by atoms with van der Waals surface area (Å²) in [5, 5.41) is 0. The van der Waals surface area contributed by atoms with Gasteiger partial charge in [0.2, 0.25) is 0 Å². The van der Waals surface area contributed by atoms with Gasteiger partial charge in [0.15, 0.2) is 0 Å². The molecule has 3 heteroatoms. The first-order chi connectivity index (χ1) is 3.27. The van der Waals surface area contributed by atoms with Gasteiger partial charge in [-0.25, -0.2) is 0 Å². The van der Waals surface area contributed by atoms with Crippen molar-refractivity contribution >= 4 is 21.6 Å². The monoisotopic (exact) mass is 91.1 g/mol. The van der Waals surface area contributed by atoms with E-state index in [1.54, 1.807) is 0 Å². The van der Waals surface area contributed by atoms with Crippen molar-refractivity contribution < 1.29 is 0 Å². The van der Waals surface area contributed by atoms with Gasteiger partial charge in [-0.3, -0.25) is 0 Å². The van der Waals surface area contributed by atoms with Gasteiger partial charge in [-0.15, -0.1) is 6.22 Å². The first kappa shape index (κ1) is 7.19. The summed E-state index contributed by atoms with van der Waals surface area (Å²) in [6.07, 6.45) is 2.19. The van der Waals surface area contributed by atoms with Crippen molar-refractivity contribution in [1.29, 1.82) is 0 Å². The molecule has 0 aliphatic carbocycles. The molecule has 0 rings (SSSR count). The molecule has 0 N–H and O–H groups in total. The van der Waals surface area contributed by atoms with Gasteiger partial charge < -0.3 is 0 Å². The SMILES string of the molecule is [B]B(C)C[B]CC. The van der Waals surface area contributed by atoms with Crippen LogP contribution in [0.15, 0.2) is 0 Å². The van der Waals surface area contributed by atoms with E-state index in [1.807, 2.05) is 6.82 Å². The first-order valence-electron chi connectivity index (χ1n) is 2.84. The van der Waals surface area contributed by atoms with Crippen molar-refractivity contribution in [3.63, 3.8) is 0 Å². The van der Waals surface area contributed by atoms with Crippen LogP contribution >= 0.6 is 0 Å². The minimum absolute atomic E-state index is 0.347. The highest BCUT2D eigenvalue weighted by molar-refractivity contribution is 7.05. The van der Waals surface area contributed by atoms with Crippen LogP contribution in [0.25, 0.3) is 0 Å². The number of rotatable bonds is 3. The fourth-order valence-electron chi connectivity index (χ4n) is 0.430. The summed E-state index contributed by atoms with van der Waals surface area (Å²) >= 11 is 0. The molecule has 0 aromatic heterocycles. The molecule has 0 heterocycles. The van der Waals surface area contributed by atoms with Crippen molar-refractivity contribution in [1.82, 2.24) is 0 Å². The quantitative estimate of drug-likeness (QED) is 0.452. The molecule has 0 aromatic rings. The van der Waals surface area contributed by atoms with Crippen molar-refractivity contribution in [2.75, 3.05) is 0 Å². The molecule has 0 amide bonds. The Balaban J connectivity index is 2.68. The maximum atomic E-state index is 5.45. The highest BCUT2D eigenvalue weighted by Crippen LogP contribution is 1.85. The maximum absolute atomic E-state index is 5.45. The summed E-state index contributed by atoms with van der Waals surface area (Å²) in [7, 11) is 7.65. The third-order valence-electron chi connectivity index (χ3n) is 0.827. The second kappa shape index (κ2) is 4.36. The normalized spacial score (nSPS) is 8.29. The highest BCUT2D eigenvalue weighted by atomic mass is 13.4. The lowest BCUT2D eigenvalue weighted by atomic mass is 9.27. The summed E-state index contributed by atoms with van der Waals surface area (Å²) in [5.41, 5.74) is 0. The largest absolute Gasteiger partial charge is 0.108 e. The number of hydrogen-bond donors (Lipinski definition) is 0. The van der Waals surface area contributed by atoms with E-state index in [9.17, 15) is 0 Å². The zero-order chi connectivity index (χ0) is 5.70. The lowest BCUT2D eigenvalue weighted by molar-refractivity contribution is 1.44. The molecule has 7 heavy (non-hydrogen) atoms. The van der Waals surface area contributed by atoms with E-state index in [4.69, 9.17) is 7.74 Å². The summed E-state index contributed by atoms with van der Waals surface area (Å²) in [5.74, 6) is 0. The van der Waals surface area contributed by atoms with E-state index in [0.29, 0.717) is 6.60 Å². The molecule has 0 aliphatic rings. The fourth-order valence-corrected chi connectivity index (χ4v) is 0.430. The number of hydrogen-bond acceptors (Lipinski definition) is 0. The van der Waals surface area contributed by atoms with Gasteiger partial charge in [-0.1, -0.05) is 20.1 Å². The summed E-state index contributed by atoms with van der Waals surface area (Å²) < 4.78 is 0. The van der Waals surface area contributed by atoms with E-state index >= 15 is 0 Å². The fraction of sp³-hybridized carbons (Fsp3) is 1.00. The smallest absolute Gasteiger partial charge is 0.0999 e. The zero-order valence-electron chi connectivity index (χ0n) is 5.15. The van der Waals surface area contributed by atoms with Gasteiger partial charge in [0, 0.05) is 7.74 Å². The Morgan fingerprint density at radius 3 is 2.43 bits per heavy atom. The molecular formula is C4H10B3. The lowest BCUT2D eigenvalue weighted by Crippen LogP contribution is -2.09. The van der Waals surface area contributed by atoms with Gasteiger partial charge in [0.25, 0.3) is 0 Å².